The topological polar surface area (TPSA) is 28.2 Å². The van der Waals surface area contributed by atoms with Crippen LogP contribution in [0.3, 0.4) is 0 Å². The predicted molar refractivity (Wildman–Crippen MR) is 106 cm³/mol. The maximum atomic E-state index is 6.06. The number of pyridine rings is 1. The van der Waals surface area contributed by atoms with Crippen LogP contribution in [-0.4, -0.2) is 34.5 Å². The molecule has 2 heterocycles. The fourth-order valence-electron chi connectivity index (χ4n) is 2.95. The molecule has 0 bridgehead atoms. The molecule has 1 saturated heterocycles. The lowest BCUT2D eigenvalue weighted by Gasteiger charge is -2.27. The van der Waals surface area contributed by atoms with E-state index in [9.17, 15) is 0 Å². The van der Waals surface area contributed by atoms with Crippen molar-refractivity contribution in [2.75, 3.05) is 29.9 Å². The molecule has 0 aliphatic carbocycles. The number of anilines is 2. The van der Waals surface area contributed by atoms with E-state index in [0.29, 0.717) is 5.92 Å². The molecule has 1 aliphatic rings. The highest BCUT2D eigenvalue weighted by molar-refractivity contribution is 7.99. The molecule has 1 N–H and O–H groups in total. The maximum absolute atomic E-state index is 6.06. The van der Waals surface area contributed by atoms with Crippen molar-refractivity contribution in [3.63, 3.8) is 0 Å². The first-order valence-electron chi connectivity index (χ1n) is 8.43. The van der Waals surface area contributed by atoms with Crippen molar-refractivity contribution in [1.29, 1.82) is 0 Å². The van der Waals surface area contributed by atoms with Crippen LogP contribution in [0, 0.1) is 0 Å². The summed E-state index contributed by atoms with van der Waals surface area (Å²) < 4.78 is 0. The van der Waals surface area contributed by atoms with Crippen molar-refractivity contribution in [2.24, 2.45) is 0 Å². The average molecular weight is 362 g/mol. The Kier molecular flexibility index (Phi) is 6.04. The molecule has 0 saturated carbocycles. The molecule has 3 rings (SSSR count). The number of hydrogen-bond acceptors (Lipinski definition) is 4. The minimum absolute atomic E-state index is 0.474. The molecule has 1 aromatic carbocycles. The summed E-state index contributed by atoms with van der Waals surface area (Å²) in [7, 11) is 0. The Hall–Kier alpha value is -1.23. The Labute approximate surface area is 153 Å². The van der Waals surface area contributed by atoms with E-state index >= 15 is 0 Å². The molecule has 2 aromatic rings. The van der Waals surface area contributed by atoms with Gasteiger partial charge in [-0.05, 0) is 41.3 Å². The number of thioether (sulfide) groups is 1. The van der Waals surface area contributed by atoms with E-state index in [1.54, 1.807) is 0 Å². The van der Waals surface area contributed by atoms with Gasteiger partial charge in [-0.3, -0.25) is 4.90 Å². The van der Waals surface area contributed by atoms with E-state index < -0.39 is 0 Å². The van der Waals surface area contributed by atoms with Gasteiger partial charge < -0.3 is 5.32 Å². The normalized spacial score (nSPS) is 15.7. The third-order valence-corrected chi connectivity index (χ3v) is 5.42. The largest absolute Gasteiger partial charge is 0.340 e. The van der Waals surface area contributed by atoms with Gasteiger partial charge in [-0.1, -0.05) is 31.5 Å². The summed E-state index contributed by atoms with van der Waals surface area (Å²) >= 11 is 8.11. The van der Waals surface area contributed by atoms with Crippen molar-refractivity contribution in [2.45, 2.75) is 26.3 Å². The van der Waals surface area contributed by atoms with Gasteiger partial charge in [0.2, 0.25) is 0 Å². The molecular formula is C19H24ClN3S. The van der Waals surface area contributed by atoms with E-state index in [-0.39, 0.29) is 0 Å². The van der Waals surface area contributed by atoms with Gasteiger partial charge in [0.05, 0.1) is 0 Å². The van der Waals surface area contributed by atoms with Gasteiger partial charge in [-0.25, -0.2) is 4.98 Å². The van der Waals surface area contributed by atoms with Crippen LogP contribution in [-0.2, 0) is 6.54 Å². The molecule has 1 fully saturated rings. The number of rotatable bonds is 5. The molecule has 0 spiro atoms. The SMILES string of the molecule is CC(C)c1cc(Nc2cccc(Cl)c2)ncc1CN1CCSCC1. The summed E-state index contributed by atoms with van der Waals surface area (Å²) in [5.41, 5.74) is 3.67. The third-order valence-electron chi connectivity index (χ3n) is 4.24. The Morgan fingerprint density at radius 1 is 1.25 bits per heavy atom. The van der Waals surface area contributed by atoms with Gasteiger partial charge in [0.25, 0.3) is 0 Å². The second-order valence-electron chi connectivity index (χ2n) is 6.45. The van der Waals surface area contributed by atoms with Crippen LogP contribution in [0.25, 0.3) is 0 Å². The predicted octanol–water partition coefficient (Wildman–Crippen LogP) is 5.15. The lowest BCUT2D eigenvalue weighted by Crippen LogP contribution is -2.32. The molecule has 1 aromatic heterocycles. The molecular weight excluding hydrogens is 338 g/mol. The van der Waals surface area contributed by atoms with Crippen LogP contribution in [0.1, 0.15) is 30.9 Å². The van der Waals surface area contributed by atoms with Gasteiger partial charge >= 0.3 is 0 Å². The van der Waals surface area contributed by atoms with Gasteiger partial charge in [-0.2, -0.15) is 11.8 Å². The van der Waals surface area contributed by atoms with Crippen LogP contribution in [0.15, 0.2) is 36.5 Å². The number of halogens is 1. The monoisotopic (exact) mass is 361 g/mol. The summed E-state index contributed by atoms with van der Waals surface area (Å²) in [6, 6.07) is 9.91. The molecule has 5 heteroatoms. The van der Waals surface area contributed by atoms with Crippen molar-refractivity contribution in [3.8, 4) is 0 Å². The van der Waals surface area contributed by atoms with Crippen LogP contribution in [0.2, 0.25) is 5.02 Å². The highest BCUT2D eigenvalue weighted by atomic mass is 35.5. The zero-order valence-corrected chi connectivity index (χ0v) is 15.8. The smallest absolute Gasteiger partial charge is 0.130 e. The number of aromatic nitrogens is 1. The zero-order valence-electron chi connectivity index (χ0n) is 14.3. The number of nitrogens with one attached hydrogen (secondary N) is 1. The van der Waals surface area contributed by atoms with Crippen LogP contribution in [0.4, 0.5) is 11.5 Å². The Balaban J connectivity index is 1.78. The van der Waals surface area contributed by atoms with Crippen molar-refractivity contribution < 1.29 is 0 Å². The second kappa shape index (κ2) is 8.24. The first-order chi connectivity index (χ1) is 11.6. The number of hydrogen-bond donors (Lipinski definition) is 1. The third kappa shape index (κ3) is 4.65. The summed E-state index contributed by atoms with van der Waals surface area (Å²) in [4.78, 5) is 7.16. The van der Waals surface area contributed by atoms with E-state index in [0.717, 1.165) is 23.1 Å². The van der Waals surface area contributed by atoms with Crippen LogP contribution >= 0.6 is 23.4 Å². The summed E-state index contributed by atoms with van der Waals surface area (Å²) in [5.74, 6) is 3.82. The van der Waals surface area contributed by atoms with Crippen molar-refractivity contribution in [1.82, 2.24) is 9.88 Å². The van der Waals surface area contributed by atoms with E-state index in [2.05, 4.69) is 35.1 Å². The molecule has 1 aliphatic heterocycles. The standard InChI is InChI=1S/C19H24ClN3S/c1-14(2)18-11-19(22-17-5-3-4-16(20)10-17)21-12-15(18)13-23-6-8-24-9-7-23/h3-5,10-12,14H,6-9,13H2,1-2H3,(H,21,22). The lowest BCUT2D eigenvalue weighted by molar-refractivity contribution is 0.293. The molecule has 0 atom stereocenters. The quantitative estimate of drug-likeness (QED) is 0.797. The summed E-state index contributed by atoms with van der Waals surface area (Å²) in [6.07, 6.45) is 2.03. The first-order valence-corrected chi connectivity index (χ1v) is 9.96. The van der Waals surface area contributed by atoms with Crippen LogP contribution < -0.4 is 5.32 Å². The van der Waals surface area contributed by atoms with E-state index in [1.807, 2.05) is 42.2 Å². The van der Waals surface area contributed by atoms with Gasteiger partial charge in [-0.15, -0.1) is 0 Å². The van der Waals surface area contributed by atoms with Gasteiger partial charge in [0.1, 0.15) is 5.82 Å². The zero-order chi connectivity index (χ0) is 16.9. The van der Waals surface area contributed by atoms with E-state index in [4.69, 9.17) is 11.6 Å². The first kappa shape index (κ1) is 17.6. The highest BCUT2D eigenvalue weighted by Gasteiger charge is 2.15. The molecule has 128 valence electrons. The fraction of sp³-hybridized carbons (Fsp3) is 0.421. The van der Waals surface area contributed by atoms with Gasteiger partial charge in [0.15, 0.2) is 0 Å². The Bertz CT molecular complexity index is 684. The summed E-state index contributed by atoms with van der Waals surface area (Å²) in [5, 5.41) is 4.08. The van der Waals surface area contributed by atoms with Gasteiger partial charge in [0, 0.05) is 48.0 Å². The van der Waals surface area contributed by atoms with E-state index in [1.165, 1.54) is 35.7 Å². The molecule has 24 heavy (non-hydrogen) atoms. The lowest BCUT2D eigenvalue weighted by atomic mass is 9.98. The number of nitrogens with zero attached hydrogens (tertiary/aromatic N) is 2. The Morgan fingerprint density at radius 2 is 2.04 bits per heavy atom. The minimum Gasteiger partial charge on any atom is -0.340 e. The minimum atomic E-state index is 0.474. The average Bonchev–Trinajstić information content (AvgIpc) is 2.57. The maximum Gasteiger partial charge on any atom is 0.130 e. The number of benzene rings is 1. The Morgan fingerprint density at radius 3 is 2.75 bits per heavy atom. The molecule has 0 radical (unpaired) electrons. The second-order valence-corrected chi connectivity index (χ2v) is 8.11. The molecule has 0 unspecified atom stereocenters. The fourth-order valence-corrected chi connectivity index (χ4v) is 4.12. The van der Waals surface area contributed by atoms with Crippen molar-refractivity contribution >= 4 is 34.9 Å². The summed E-state index contributed by atoms with van der Waals surface area (Å²) in [6.45, 7) is 7.83. The van der Waals surface area contributed by atoms with Crippen molar-refractivity contribution in [3.05, 3.63) is 52.7 Å². The highest BCUT2D eigenvalue weighted by Crippen LogP contribution is 2.26. The molecule has 3 nitrogen and oxygen atoms in total. The molecule has 0 amide bonds. The van der Waals surface area contributed by atoms with Crippen LogP contribution in [0.5, 0.6) is 0 Å².